The standard InChI is InChI=1S/C14H13N5OS/c1-8-6-7-16-13(11(8)12(15)19-20)21-14-17-9-4-2-3-5-10(9)18-14/h2-7,20H,1H3,(H2,15,19)(H,17,18). The third-order valence-electron chi connectivity index (χ3n) is 3.05. The minimum atomic E-state index is 0.0409. The molecule has 7 heteroatoms. The normalized spacial score (nSPS) is 12.0. The maximum absolute atomic E-state index is 8.92. The van der Waals surface area contributed by atoms with Crippen molar-refractivity contribution in [2.24, 2.45) is 10.9 Å². The maximum atomic E-state index is 8.92. The number of benzene rings is 1. The van der Waals surface area contributed by atoms with Crippen molar-refractivity contribution in [3.05, 3.63) is 47.7 Å². The van der Waals surface area contributed by atoms with Gasteiger partial charge in [-0.25, -0.2) is 9.97 Å². The fraction of sp³-hybridized carbons (Fsp3) is 0.0714. The Morgan fingerprint density at radius 3 is 2.90 bits per heavy atom. The highest BCUT2D eigenvalue weighted by Crippen LogP contribution is 2.29. The van der Waals surface area contributed by atoms with E-state index in [4.69, 9.17) is 10.9 Å². The summed E-state index contributed by atoms with van der Waals surface area (Å²) < 4.78 is 0. The van der Waals surface area contributed by atoms with Crippen LogP contribution in [0.3, 0.4) is 0 Å². The molecule has 0 amide bonds. The second-order valence-electron chi connectivity index (χ2n) is 4.45. The molecule has 4 N–H and O–H groups in total. The van der Waals surface area contributed by atoms with Crippen molar-refractivity contribution in [1.82, 2.24) is 15.0 Å². The Morgan fingerprint density at radius 1 is 1.33 bits per heavy atom. The van der Waals surface area contributed by atoms with Crippen molar-refractivity contribution < 1.29 is 5.21 Å². The lowest BCUT2D eigenvalue weighted by molar-refractivity contribution is 0.318. The minimum Gasteiger partial charge on any atom is -0.409 e. The molecule has 0 atom stereocenters. The molecule has 0 saturated carbocycles. The monoisotopic (exact) mass is 299 g/mol. The first-order chi connectivity index (χ1) is 10.2. The molecule has 3 aromatic rings. The van der Waals surface area contributed by atoms with E-state index in [0.717, 1.165) is 16.6 Å². The van der Waals surface area contributed by atoms with Gasteiger partial charge in [0, 0.05) is 6.20 Å². The number of oxime groups is 1. The first kappa shape index (κ1) is 13.4. The summed E-state index contributed by atoms with van der Waals surface area (Å²) in [5.74, 6) is 0.0409. The molecule has 0 aliphatic heterocycles. The van der Waals surface area contributed by atoms with E-state index in [-0.39, 0.29) is 5.84 Å². The molecular formula is C14H13N5OS. The number of pyridine rings is 1. The van der Waals surface area contributed by atoms with Crippen LogP contribution in [0, 0.1) is 6.92 Å². The van der Waals surface area contributed by atoms with E-state index in [0.29, 0.717) is 15.7 Å². The molecular weight excluding hydrogens is 286 g/mol. The van der Waals surface area contributed by atoms with Gasteiger partial charge in [-0.05, 0) is 42.4 Å². The number of nitrogens with zero attached hydrogens (tertiary/aromatic N) is 3. The molecule has 0 saturated heterocycles. The quantitative estimate of drug-likeness (QED) is 0.298. The second kappa shape index (κ2) is 5.45. The SMILES string of the molecule is Cc1ccnc(Sc2nc3ccccc3[nH]2)c1/C(N)=N/O. The summed E-state index contributed by atoms with van der Waals surface area (Å²) in [7, 11) is 0. The predicted molar refractivity (Wildman–Crippen MR) is 81.7 cm³/mol. The number of hydrogen-bond donors (Lipinski definition) is 3. The fourth-order valence-electron chi connectivity index (χ4n) is 2.04. The molecule has 0 fully saturated rings. The van der Waals surface area contributed by atoms with Crippen LogP contribution in [0.1, 0.15) is 11.1 Å². The average molecular weight is 299 g/mol. The van der Waals surface area contributed by atoms with Gasteiger partial charge in [-0.15, -0.1) is 0 Å². The van der Waals surface area contributed by atoms with E-state index in [1.54, 1.807) is 6.20 Å². The van der Waals surface area contributed by atoms with Crippen LogP contribution in [-0.4, -0.2) is 26.0 Å². The highest BCUT2D eigenvalue weighted by Gasteiger charge is 2.14. The molecule has 3 rings (SSSR count). The number of hydrogen-bond acceptors (Lipinski definition) is 5. The number of para-hydroxylation sites is 2. The number of amidine groups is 1. The van der Waals surface area contributed by atoms with Gasteiger partial charge in [-0.1, -0.05) is 17.3 Å². The predicted octanol–water partition coefficient (Wildman–Crippen LogP) is 2.51. The number of nitrogens with two attached hydrogens (primary N) is 1. The van der Waals surface area contributed by atoms with Gasteiger partial charge in [-0.2, -0.15) is 0 Å². The third-order valence-corrected chi connectivity index (χ3v) is 3.94. The Bertz CT molecular complexity index is 794. The summed E-state index contributed by atoms with van der Waals surface area (Å²) >= 11 is 1.35. The molecule has 0 radical (unpaired) electrons. The first-order valence-corrected chi connectivity index (χ1v) is 7.07. The molecule has 6 nitrogen and oxygen atoms in total. The highest BCUT2D eigenvalue weighted by molar-refractivity contribution is 7.99. The van der Waals surface area contributed by atoms with Gasteiger partial charge in [-0.3, -0.25) is 0 Å². The fourth-order valence-corrected chi connectivity index (χ4v) is 3.01. The highest BCUT2D eigenvalue weighted by atomic mass is 32.2. The van der Waals surface area contributed by atoms with Gasteiger partial charge in [0.2, 0.25) is 0 Å². The number of fused-ring (bicyclic) bond motifs is 1. The molecule has 0 aliphatic rings. The Labute approximate surface area is 125 Å². The molecule has 1 aromatic carbocycles. The molecule has 2 aromatic heterocycles. The number of aromatic amines is 1. The molecule has 106 valence electrons. The maximum Gasteiger partial charge on any atom is 0.173 e. The zero-order chi connectivity index (χ0) is 14.8. The van der Waals surface area contributed by atoms with Crippen LogP contribution in [0.5, 0.6) is 0 Å². The van der Waals surface area contributed by atoms with Crippen molar-refractivity contribution in [3.63, 3.8) is 0 Å². The van der Waals surface area contributed by atoms with Crippen LogP contribution in [-0.2, 0) is 0 Å². The summed E-state index contributed by atoms with van der Waals surface area (Å²) in [5.41, 5.74) is 9.09. The lowest BCUT2D eigenvalue weighted by atomic mass is 10.1. The van der Waals surface area contributed by atoms with E-state index < -0.39 is 0 Å². The Morgan fingerprint density at radius 2 is 2.14 bits per heavy atom. The molecule has 0 unspecified atom stereocenters. The van der Waals surface area contributed by atoms with Crippen LogP contribution in [0.2, 0.25) is 0 Å². The van der Waals surface area contributed by atoms with E-state index in [2.05, 4.69) is 20.1 Å². The third kappa shape index (κ3) is 2.55. The van der Waals surface area contributed by atoms with Crippen molar-refractivity contribution in [3.8, 4) is 0 Å². The molecule has 2 heterocycles. The zero-order valence-electron chi connectivity index (χ0n) is 11.2. The summed E-state index contributed by atoms with van der Waals surface area (Å²) in [5, 5.41) is 13.3. The average Bonchev–Trinajstić information content (AvgIpc) is 2.89. The van der Waals surface area contributed by atoms with Crippen LogP contribution >= 0.6 is 11.8 Å². The van der Waals surface area contributed by atoms with Crippen LogP contribution in [0.25, 0.3) is 11.0 Å². The van der Waals surface area contributed by atoms with E-state index in [1.807, 2.05) is 37.3 Å². The summed E-state index contributed by atoms with van der Waals surface area (Å²) in [6.45, 7) is 1.89. The van der Waals surface area contributed by atoms with Crippen molar-refractivity contribution in [2.75, 3.05) is 0 Å². The van der Waals surface area contributed by atoms with Gasteiger partial charge in [0.25, 0.3) is 0 Å². The second-order valence-corrected chi connectivity index (χ2v) is 5.43. The number of rotatable bonds is 3. The topological polar surface area (TPSA) is 100 Å². The van der Waals surface area contributed by atoms with Gasteiger partial charge in [0.15, 0.2) is 11.0 Å². The Hall–Kier alpha value is -2.54. The molecule has 0 aliphatic carbocycles. The number of imidazole rings is 1. The first-order valence-electron chi connectivity index (χ1n) is 6.25. The number of aryl methyl sites for hydroxylation is 1. The minimum absolute atomic E-state index is 0.0409. The van der Waals surface area contributed by atoms with E-state index in [1.165, 1.54) is 11.8 Å². The van der Waals surface area contributed by atoms with E-state index in [9.17, 15) is 0 Å². The Kier molecular flexibility index (Phi) is 3.49. The Balaban J connectivity index is 2.03. The van der Waals surface area contributed by atoms with Crippen molar-refractivity contribution >= 4 is 28.6 Å². The van der Waals surface area contributed by atoms with Gasteiger partial charge < -0.3 is 15.9 Å². The smallest absolute Gasteiger partial charge is 0.173 e. The molecule has 21 heavy (non-hydrogen) atoms. The molecule has 0 bridgehead atoms. The lowest BCUT2D eigenvalue weighted by Crippen LogP contribution is -2.16. The van der Waals surface area contributed by atoms with Crippen LogP contribution in [0.4, 0.5) is 0 Å². The zero-order valence-corrected chi connectivity index (χ0v) is 12.1. The van der Waals surface area contributed by atoms with Crippen molar-refractivity contribution in [2.45, 2.75) is 17.1 Å². The summed E-state index contributed by atoms with van der Waals surface area (Å²) in [4.78, 5) is 12.0. The number of H-pyrrole nitrogens is 1. The van der Waals surface area contributed by atoms with Gasteiger partial charge in [0.05, 0.1) is 16.6 Å². The van der Waals surface area contributed by atoms with Gasteiger partial charge in [0.1, 0.15) is 5.03 Å². The van der Waals surface area contributed by atoms with Crippen molar-refractivity contribution in [1.29, 1.82) is 0 Å². The largest absolute Gasteiger partial charge is 0.409 e. The number of aromatic nitrogens is 3. The summed E-state index contributed by atoms with van der Waals surface area (Å²) in [6.07, 6.45) is 1.69. The number of nitrogens with one attached hydrogen (secondary N) is 1. The van der Waals surface area contributed by atoms with E-state index >= 15 is 0 Å². The molecule has 0 spiro atoms. The van der Waals surface area contributed by atoms with Crippen LogP contribution in [0.15, 0.2) is 51.9 Å². The lowest BCUT2D eigenvalue weighted by Gasteiger charge is -2.08. The summed E-state index contributed by atoms with van der Waals surface area (Å²) in [6, 6.07) is 9.59. The van der Waals surface area contributed by atoms with Crippen LogP contribution < -0.4 is 5.73 Å². The van der Waals surface area contributed by atoms with Gasteiger partial charge >= 0.3 is 0 Å².